The van der Waals surface area contributed by atoms with Crippen LogP contribution in [0.4, 0.5) is 13.2 Å². The monoisotopic (exact) mass is 300 g/mol. The highest BCUT2D eigenvalue weighted by molar-refractivity contribution is 7.99. The SMILES string of the molecule is CC(O)c1ccc(Sc2ccc(C(F)(F)F)cn2)cn1. The molecule has 106 valence electrons. The topological polar surface area (TPSA) is 46.0 Å². The van der Waals surface area contributed by atoms with E-state index in [9.17, 15) is 18.3 Å². The normalized spacial score (nSPS) is 13.2. The summed E-state index contributed by atoms with van der Waals surface area (Å²) in [5, 5.41) is 9.77. The van der Waals surface area contributed by atoms with Crippen molar-refractivity contribution >= 4 is 11.8 Å². The Morgan fingerprint density at radius 1 is 1.10 bits per heavy atom. The van der Waals surface area contributed by atoms with E-state index >= 15 is 0 Å². The zero-order valence-electron chi connectivity index (χ0n) is 10.4. The number of aromatic nitrogens is 2. The first kappa shape index (κ1) is 14.8. The van der Waals surface area contributed by atoms with Gasteiger partial charge < -0.3 is 5.11 Å². The summed E-state index contributed by atoms with van der Waals surface area (Å²) < 4.78 is 37.2. The van der Waals surface area contributed by atoms with Crippen molar-refractivity contribution in [2.45, 2.75) is 29.1 Å². The maximum atomic E-state index is 12.4. The number of alkyl halides is 3. The molecular weight excluding hydrogens is 289 g/mol. The number of rotatable bonds is 3. The Hall–Kier alpha value is -1.60. The van der Waals surface area contributed by atoms with Crippen molar-refractivity contribution in [3.05, 3.63) is 47.9 Å². The van der Waals surface area contributed by atoms with Crippen molar-refractivity contribution in [1.82, 2.24) is 9.97 Å². The second-order valence-electron chi connectivity index (χ2n) is 4.08. The van der Waals surface area contributed by atoms with Crippen molar-refractivity contribution in [2.75, 3.05) is 0 Å². The molecule has 0 radical (unpaired) electrons. The van der Waals surface area contributed by atoms with Gasteiger partial charge in [-0.3, -0.25) is 4.98 Å². The minimum Gasteiger partial charge on any atom is -0.387 e. The van der Waals surface area contributed by atoms with Crippen LogP contribution in [-0.2, 0) is 6.18 Å². The van der Waals surface area contributed by atoms with E-state index in [1.165, 1.54) is 17.8 Å². The molecule has 0 saturated carbocycles. The molecule has 0 amide bonds. The van der Waals surface area contributed by atoms with E-state index in [0.29, 0.717) is 10.7 Å². The molecule has 0 aromatic carbocycles. The minimum absolute atomic E-state index is 0.449. The summed E-state index contributed by atoms with van der Waals surface area (Å²) in [7, 11) is 0. The van der Waals surface area contributed by atoms with Crippen molar-refractivity contribution in [2.24, 2.45) is 0 Å². The molecule has 0 saturated heterocycles. The highest BCUT2D eigenvalue weighted by atomic mass is 32.2. The summed E-state index contributed by atoms with van der Waals surface area (Å²) in [6.45, 7) is 1.60. The van der Waals surface area contributed by atoms with Crippen LogP contribution in [0.3, 0.4) is 0 Å². The standard InChI is InChI=1S/C13H11F3N2OS/c1-8(19)11-4-3-10(7-17-11)20-12-5-2-9(6-18-12)13(14,15)16/h2-8,19H,1H3. The number of pyridine rings is 2. The Kier molecular flexibility index (Phi) is 4.29. The first-order chi connectivity index (χ1) is 9.36. The van der Waals surface area contributed by atoms with Gasteiger partial charge in [-0.1, -0.05) is 11.8 Å². The molecule has 2 aromatic rings. The Morgan fingerprint density at radius 3 is 2.30 bits per heavy atom. The summed E-state index contributed by atoms with van der Waals surface area (Å²) >= 11 is 1.20. The van der Waals surface area contributed by atoms with E-state index in [1.807, 2.05) is 0 Å². The van der Waals surface area contributed by atoms with Crippen LogP contribution >= 0.6 is 11.8 Å². The molecule has 2 rings (SSSR count). The average molecular weight is 300 g/mol. The Balaban J connectivity index is 2.10. The van der Waals surface area contributed by atoms with Crippen LogP contribution in [0, 0.1) is 0 Å². The largest absolute Gasteiger partial charge is 0.417 e. The predicted octanol–water partition coefficient (Wildman–Crippen LogP) is 3.70. The Labute approximate surface area is 117 Å². The van der Waals surface area contributed by atoms with Crippen molar-refractivity contribution < 1.29 is 18.3 Å². The molecular formula is C13H11F3N2OS. The molecule has 0 fully saturated rings. The summed E-state index contributed by atoms with van der Waals surface area (Å²) in [6, 6.07) is 5.71. The molecule has 0 bridgehead atoms. The van der Waals surface area contributed by atoms with Crippen LogP contribution < -0.4 is 0 Å². The van der Waals surface area contributed by atoms with Crippen LogP contribution in [0.25, 0.3) is 0 Å². The van der Waals surface area contributed by atoms with E-state index in [0.717, 1.165) is 17.2 Å². The summed E-state index contributed by atoms with van der Waals surface area (Å²) in [5.74, 6) is 0. The number of aliphatic hydroxyl groups is 1. The van der Waals surface area contributed by atoms with Gasteiger partial charge in [0.2, 0.25) is 0 Å². The molecule has 2 aromatic heterocycles. The second-order valence-corrected chi connectivity index (χ2v) is 5.17. The smallest absolute Gasteiger partial charge is 0.387 e. The quantitative estimate of drug-likeness (QED) is 0.939. The average Bonchev–Trinajstić information content (AvgIpc) is 2.39. The lowest BCUT2D eigenvalue weighted by molar-refractivity contribution is -0.137. The van der Waals surface area contributed by atoms with Crippen molar-refractivity contribution in [3.63, 3.8) is 0 Å². The number of nitrogens with zero attached hydrogens (tertiary/aromatic N) is 2. The molecule has 0 spiro atoms. The van der Waals surface area contributed by atoms with Gasteiger partial charge in [-0.2, -0.15) is 13.2 Å². The van der Waals surface area contributed by atoms with Gasteiger partial charge in [-0.05, 0) is 31.2 Å². The summed E-state index contributed by atoms with van der Waals surface area (Å²) in [5.41, 5.74) is -0.237. The molecule has 7 heteroatoms. The van der Waals surface area contributed by atoms with E-state index < -0.39 is 17.8 Å². The zero-order chi connectivity index (χ0) is 14.8. The van der Waals surface area contributed by atoms with Gasteiger partial charge in [0.05, 0.1) is 17.4 Å². The van der Waals surface area contributed by atoms with Crippen molar-refractivity contribution in [3.8, 4) is 0 Å². The minimum atomic E-state index is -4.38. The molecule has 1 N–H and O–H groups in total. The van der Waals surface area contributed by atoms with Gasteiger partial charge in [0.1, 0.15) is 5.03 Å². The second kappa shape index (κ2) is 5.80. The molecule has 3 nitrogen and oxygen atoms in total. The summed E-state index contributed by atoms with van der Waals surface area (Å²) in [6.07, 6.45) is -2.68. The maximum Gasteiger partial charge on any atom is 0.417 e. The highest BCUT2D eigenvalue weighted by Crippen LogP contribution is 2.31. The van der Waals surface area contributed by atoms with E-state index in [2.05, 4.69) is 9.97 Å². The fourth-order valence-corrected chi connectivity index (χ4v) is 2.15. The molecule has 1 atom stereocenters. The number of hydrogen-bond donors (Lipinski definition) is 1. The van der Waals surface area contributed by atoms with E-state index in [1.54, 1.807) is 25.3 Å². The fraction of sp³-hybridized carbons (Fsp3) is 0.231. The fourth-order valence-electron chi connectivity index (χ4n) is 1.43. The van der Waals surface area contributed by atoms with Crippen LogP contribution in [0.5, 0.6) is 0 Å². The number of aliphatic hydroxyl groups excluding tert-OH is 1. The molecule has 0 aliphatic heterocycles. The Morgan fingerprint density at radius 2 is 1.85 bits per heavy atom. The lowest BCUT2D eigenvalue weighted by Crippen LogP contribution is -2.05. The number of hydrogen-bond acceptors (Lipinski definition) is 4. The van der Waals surface area contributed by atoms with E-state index in [-0.39, 0.29) is 0 Å². The Bertz CT molecular complexity index is 568. The van der Waals surface area contributed by atoms with Crippen LogP contribution in [0.15, 0.2) is 46.6 Å². The third-order valence-corrected chi connectivity index (χ3v) is 3.40. The first-order valence-corrected chi connectivity index (χ1v) is 6.53. The molecule has 20 heavy (non-hydrogen) atoms. The lowest BCUT2D eigenvalue weighted by atomic mass is 10.2. The summed E-state index contributed by atoms with van der Waals surface area (Å²) in [4.78, 5) is 8.55. The van der Waals surface area contributed by atoms with Gasteiger partial charge >= 0.3 is 6.18 Å². The van der Waals surface area contributed by atoms with Gasteiger partial charge in [-0.25, -0.2) is 4.98 Å². The van der Waals surface area contributed by atoms with Gasteiger partial charge in [0.15, 0.2) is 0 Å². The van der Waals surface area contributed by atoms with Crippen molar-refractivity contribution in [1.29, 1.82) is 0 Å². The molecule has 1 unspecified atom stereocenters. The van der Waals surface area contributed by atoms with Gasteiger partial charge in [0.25, 0.3) is 0 Å². The van der Waals surface area contributed by atoms with Gasteiger partial charge in [-0.15, -0.1) is 0 Å². The third kappa shape index (κ3) is 3.71. The molecule has 0 aliphatic carbocycles. The van der Waals surface area contributed by atoms with E-state index in [4.69, 9.17) is 0 Å². The van der Waals surface area contributed by atoms with Crippen LogP contribution in [0.2, 0.25) is 0 Å². The predicted molar refractivity (Wildman–Crippen MR) is 68.2 cm³/mol. The molecule has 2 heterocycles. The zero-order valence-corrected chi connectivity index (χ0v) is 11.2. The van der Waals surface area contributed by atoms with Crippen LogP contribution in [0.1, 0.15) is 24.3 Å². The van der Waals surface area contributed by atoms with Crippen LogP contribution in [-0.4, -0.2) is 15.1 Å². The van der Waals surface area contributed by atoms with Gasteiger partial charge in [0, 0.05) is 17.3 Å². The first-order valence-electron chi connectivity index (χ1n) is 5.71. The number of halogens is 3. The highest BCUT2D eigenvalue weighted by Gasteiger charge is 2.30. The third-order valence-electron chi connectivity index (χ3n) is 2.47. The lowest BCUT2D eigenvalue weighted by Gasteiger charge is -2.07. The molecule has 0 aliphatic rings. The maximum absolute atomic E-state index is 12.4.